The van der Waals surface area contributed by atoms with E-state index in [0.29, 0.717) is 6.04 Å². The van der Waals surface area contributed by atoms with Gasteiger partial charge in [0.15, 0.2) is 0 Å². The first-order valence-electron chi connectivity index (χ1n) is 6.59. The number of rotatable bonds is 4. The monoisotopic (exact) mass is 225 g/mol. The second kappa shape index (κ2) is 4.26. The SMILES string of the molecule is NC1(CNC2CCN(C3CC3)C2)CCOC1. The van der Waals surface area contributed by atoms with E-state index in [4.69, 9.17) is 10.5 Å². The Hall–Kier alpha value is -0.160. The topological polar surface area (TPSA) is 50.5 Å². The number of ether oxygens (including phenoxy) is 1. The van der Waals surface area contributed by atoms with Crippen molar-refractivity contribution in [2.75, 3.05) is 32.8 Å². The van der Waals surface area contributed by atoms with E-state index in [2.05, 4.69) is 10.2 Å². The van der Waals surface area contributed by atoms with E-state index >= 15 is 0 Å². The lowest BCUT2D eigenvalue weighted by atomic mass is 10.00. The molecule has 4 nitrogen and oxygen atoms in total. The van der Waals surface area contributed by atoms with E-state index in [-0.39, 0.29) is 5.54 Å². The number of nitrogens with one attached hydrogen (secondary N) is 1. The molecule has 3 N–H and O–H groups in total. The number of hydrogen-bond donors (Lipinski definition) is 2. The smallest absolute Gasteiger partial charge is 0.0659 e. The molecule has 2 atom stereocenters. The Labute approximate surface area is 97.5 Å². The van der Waals surface area contributed by atoms with Crippen molar-refractivity contribution in [1.82, 2.24) is 10.2 Å². The maximum atomic E-state index is 6.24. The molecule has 4 heteroatoms. The van der Waals surface area contributed by atoms with Crippen LogP contribution in [0.3, 0.4) is 0 Å². The third kappa shape index (κ3) is 2.40. The van der Waals surface area contributed by atoms with Crippen LogP contribution in [-0.2, 0) is 4.74 Å². The molecule has 16 heavy (non-hydrogen) atoms. The first-order valence-corrected chi connectivity index (χ1v) is 6.59. The van der Waals surface area contributed by atoms with Gasteiger partial charge in [0.2, 0.25) is 0 Å². The molecule has 0 spiro atoms. The van der Waals surface area contributed by atoms with Crippen molar-refractivity contribution in [3.8, 4) is 0 Å². The zero-order valence-corrected chi connectivity index (χ0v) is 9.95. The molecule has 1 aliphatic carbocycles. The van der Waals surface area contributed by atoms with Gasteiger partial charge in [-0.2, -0.15) is 0 Å². The van der Waals surface area contributed by atoms with Crippen molar-refractivity contribution >= 4 is 0 Å². The fourth-order valence-electron chi connectivity index (χ4n) is 2.84. The quantitative estimate of drug-likeness (QED) is 0.703. The molecule has 1 saturated carbocycles. The summed E-state index contributed by atoms with van der Waals surface area (Å²) in [7, 11) is 0. The fourth-order valence-corrected chi connectivity index (χ4v) is 2.84. The van der Waals surface area contributed by atoms with Crippen LogP contribution in [0, 0.1) is 0 Å². The Morgan fingerprint density at radius 1 is 1.38 bits per heavy atom. The Morgan fingerprint density at radius 2 is 2.25 bits per heavy atom. The van der Waals surface area contributed by atoms with Crippen LogP contribution in [0.15, 0.2) is 0 Å². The summed E-state index contributed by atoms with van der Waals surface area (Å²) in [6.07, 6.45) is 5.12. The van der Waals surface area contributed by atoms with Crippen LogP contribution in [0.5, 0.6) is 0 Å². The normalized spacial score (nSPS) is 40.7. The molecule has 0 amide bonds. The van der Waals surface area contributed by atoms with Gasteiger partial charge in [-0.25, -0.2) is 0 Å². The van der Waals surface area contributed by atoms with E-state index in [1.54, 1.807) is 0 Å². The molecule has 0 radical (unpaired) electrons. The standard InChI is InChI=1S/C12H23N3O/c13-12(4-6-16-9-12)8-14-10-3-5-15(7-10)11-1-2-11/h10-11,14H,1-9,13H2. The molecule has 3 aliphatic rings. The number of nitrogens with zero attached hydrogens (tertiary/aromatic N) is 1. The van der Waals surface area contributed by atoms with E-state index < -0.39 is 0 Å². The van der Waals surface area contributed by atoms with Crippen LogP contribution in [-0.4, -0.2) is 55.4 Å². The van der Waals surface area contributed by atoms with E-state index in [1.807, 2.05) is 0 Å². The van der Waals surface area contributed by atoms with Crippen LogP contribution < -0.4 is 11.1 Å². The fraction of sp³-hybridized carbons (Fsp3) is 1.00. The highest BCUT2D eigenvalue weighted by Gasteiger charge is 2.36. The predicted octanol–water partition coefficient (Wildman–Crippen LogP) is -0.0695. The molecule has 0 aromatic rings. The molecule has 0 aromatic heterocycles. The number of hydrogen-bond acceptors (Lipinski definition) is 4. The highest BCUT2D eigenvalue weighted by atomic mass is 16.5. The Bertz CT molecular complexity index is 249. The lowest BCUT2D eigenvalue weighted by Gasteiger charge is -2.25. The lowest BCUT2D eigenvalue weighted by molar-refractivity contribution is 0.176. The summed E-state index contributed by atoms with van der Waals surface area (Å²) in [6.45, 7) is 4.96. The van der Waals surface area contributed by atoms with Crippen molar-refractivity contribution in [2.24, 2.45) is 5.73 Å². The Morgan fingerprint density at radius 3 is 2.94 bits per heavy atom. The second-order valence-corrected chi connectivity index (χ2v) is 5.76. The molecule has 2 saturated heterocycles. The number of nitrogens with two attached hydrogens (primary N) is 1. The number of likely N-dealkylation sites (tertiary alicyclic amines) is 1. The second-order valence-electron chi connectivity index (χ2n) is 5.76. The molecule has 0 bridgehead atoms. The van der Waals surface area contributed by atoms with Gasteiger partial charge in [0.05, 0.1) is 12.1 Å². The first kappa shape index (κ1) is 11.0. The molecule has 0 aromatic carbocycles. The molecular formula is C12H23N3O. The zero-order valence-electron chi connectivity index (χ0n) is 9.95. The molecule has 3 rings (SSSR count). The summed E-state index contributed by atoms with van der Waals surface area (Å²) in [6, 6.07) is 1.56. The van der Waals surface area contributed by atoms with E-state index in [0.717, 1.165) is 32.2 Å². The van der Waals surface area contributed by atoms with Gasteiger partial charge in [0, 0.05) is 38.3 Å². The van der Waals surface area contributed by atoms with Gasteiger partial charge >= 0.3 is 0 Å². The molecule has 2 aliphatic heterocycles. The Kier molecular flexibility index (Phi) is 2.92. The highest BCUT2D eigenvalue weighted by molar-refractivity contribution is 4.95. The summed E-state index contributed by atoms with van der Waals surface area (Å²) >= 11 is 0. The summed E-state index contributed by atoms with van der Waals surface area (Å²) in [5.74, 6) is 0. The van der Waals surface area contributed by atoms with Crippen LogP contribution >= 0.6 is 0 Å². The first-order chi connectivity index (χ1) is 7.75. The largest absolute Gasteiger partial charge is 0.379 e. The van der Waals surface area contributed by atoms with Gasteiger partial charge in [0.25, 0.3) is 0 Å². The minimum absolute atomic E-state index is 0.104. The van der Waals surface area contributed by atoms with Crippen molar-refractivity contribution < 1.29 is 4.74 Å². The third-order valence-corrected chi connectivity index (χ3v) is 4.16. The molecule has 2 heterocycles. The van der Waals surface area contributed by atoms with Crippen LogP contribution in [0.2, 0.25) is 0 Å². The lowest BCUT2D eigenvalue weighted by Crippen LogP contribution is -2.52. The average molecular weight is 225 g/mol. The Balaban J connectivity index is 1.42. The maximum Gasteiger partial charge on any atom is 0.0659 e. The molecule has 92 valence electrons. The van der Waals surface area contributed by atoms with Crippen LogP contribution in [0.25, 0.3) is 0 Å². The minimum atomic E-state index is -0.104. The van der Waals surface area contributed by atoms with Crippen LogP contribution in [0.4, 0.5) is 0 Å². The van der Waals surface area contributed by atoms with Gasteiger partial charge in [-0.05, 0) is 25.7 Å². The van der Waals surface area contributed by atoms with Gasteiger partial charge in [-0.3, -0.25) is 4.90 Å². The average Bonchev–Trinajstić information content (AvgIpc) is 2.87. The van der Waals surface area contributed by atoms with Gasteiger partial charge in [-0.1, -0.05) is 0 Å². The predicted molar refractivity (Wildman–Crippen MR) is 63.4 cm³/mol. The molecule has 2 unspecified atom stereocenters. The zero-order chi connectivity index (χ0) is 11.0. The van der Waals surface area contributed by atoms with E-state index in [9.17, 15) is 0 Å². The van der Waals surface area contributed by atoms with Crippen molar-refractivity contribution in [2.45, 2.75) is 43.3 Å². The van der Waals surface area contributed by atoms with E-state index in [1.165, 1.54) is 32.4 Å². The summed E-state index contributed by atoms with van der Waals surface area (Å²) in [5.41, 5.74) is 6.14. The minimum Gasteiger partial charge on any atom is -0.379 e. The highest BCUT2D eigenvalue weighted by Crippen LogP contribution is 2.29. The summed E-state index contributed by atoms with van der Waals surface area (Å²) in [4.78, 5) is 2.63. The van der Waals surface area contributed by atoms with Gasteiger partial charge in [-0.15, -0.1) is 0 Å². The molecule has 3 fully saturated rings. The maximum absolute atomic E-state index is 6.24. The van der Waals surface area contributed by atoms with Crippen molar-refractivity contribution in [3.05, 3.63) is 0 Å². The van der Waals surface area contributed by atoms with Crippen molar-refractivity contribution in [1.29, 1.82) is 0 Å². The van der Waals surface area contributed by atoms with Gasteiger partial charge < -0.3 is 15.8 Å². The van der Waals surface area contributed by atoms with Crippen LogP contribution in [0.1, 0.15) is 25.7 Å². The molecular weight excluding hydrogens is 202 g/mol. The summed E-state index contributed by atoms with van der Waals surface area (Å²) in [5, 5.41) is 3.63. The summed E-state index contributed by atoms with van der Waals surface area (Å²) < 4.78 is 5.37. The third-order valence-electron chi connectivity index (χ3n) is 4.16. The van der Waals surface area contributed by atoms with Crippen molar-refractivity contribution in [3.63, 3.8) is 0 Å². The van der Waals surface area contributed by atoms with Gasteiger partial charge in [0.1, 0.15) is 0 Å².